The zero-order valence-electron chi connectivity index (χ0n) is 21.6. The van der Waals surface area contributed by atoms with Gasteiger partial charge < -0.3 is 19.7 Å². The Morgan fingerprint density at radius 1 is 0.946 bits per heavy atom. The standard InChI is InChI=1S/C28H35N5O3S/c1-35-17-12-29-27(34)24-10-8-23(9-11-24)21-37-28-30-25(20-36-2)18-26(31-28)33-15-13-32(14-16-33)19-22-6-4-3-5-7-22/h3-11,18H,12-17,19-21H2,1-2H3,(H,29,34). The number of methoxy groups -OCH3 is 2. The van der Waals surface area contributed by atoms with Gasteiger partial charge in [0, 0.05) is 70.9 Å². The lowest BCUT2D eigenvalue weighted by Crippen LogP contribution is -2.46. The fraction of sp³-hybridized carbons (Fsp3) is 0.393. The van der Waals surface area contributed by atoms with Gasteiger partial charge in [-0.15, -0.1) is 0 Å². The van der Waals surface area contributed by atoms with Gasteiger partial charge in [0.2, 0.25) is 0 Å². The summed E-state index contributed by atoms with van der Waals surface area (Å²) in [6, 6.07) is 20.3. The van der Waals surface area contributed by atoms with Crippen molar-refractivity contribution in [3.8, 4) is 0 Å². The normalized spacial score (nSPS) is 14.1. The molecule has 0 atom stereocenters. The van der Waals surface area contributed by atoms with E-state index in [2.05, 4.69) is 45.4 Å². The van der Waals surface area contributed by atoms with Crippen LogP contribution in [0.3, 0.4) is 0 Å². The van der Waals surface area contributed by atoms with Gasteiger partial charge in [-0.05, 0) is 23.3 Å². The molecule has 1 amide bonds. The van der Waals surface area contributed by atoms with E-state index >= 15 is 0 Å². The number of hydrogen-bond acceptors (Lipinski definition) is 8. The van der Waals surface area contributed by atoms with E-state index in [1.54, 1.807) is 26.0 Å². The van der Waals surface area contributed by atoms with Gasteiger partial charge in [-0.25, -0.2) is 9.97 Å². The molecule has 0 aliphatic carbocycles. The number of nitrogens with one attached hydrogen (secondary N) is 1. The topological polar surface area (TPSA) is 79.8 Å². The predicted molar refractivity (Wildman–Crippen MR) is 147 cm³/mol. The third-order valence-corrected chi connectivity index (χ3v) is 7.08. The third-order valence-electron chi connectivity index (χ3n) is 6.16. The molecule has 2 heterocycles. The number of aromatic nitrogens is 2. The summed E-state index contributed by atoms with van der Waals surface area (Å²) < 4.78 is 10.3. The third kappa shape index (κ3) is 8.26. The largest absolute Gasteiger partial charge is 0.383 e. The smallest absolute Gasteiger partial charge is 0.251 e. The van der Waals surface area contributed by atoms with Gasteiger partial charge in [-0.2, -0.15) is 0 Å². The molecule has 0 bridgehead atoms. The summed E-state index contributed by atoms with van der Waals surface area (Å²) in [5.41, 5.74) is 3.97. The van der Waals surface area contributed by atoms with Crippen LogP contribution in [0.2, 0.25) is 0 Å². The van der Waals surface area contributed by atoms with E-state index in [1.165, 1.54) is 5.56 Å². The molecule has 3 aromatic rings. The molecule has 0 saturated carbocycles. The van der Waals surface area contributed by atoms with E-state index in [4.69, 9.17) is 19.4 Å². The van der Waals surface area contributed by atoms with Gasteiger partial charge in [0.05, 0.1) is 18.9 Å². The fourth-order valence-electron chi connectivity index (χ4n) is 4.15. The quantitative estimate of drug-likeness (QED) is 0.220. The summed E-state index contributed by atoms with van der Waals surface area (Å²) in [6.07, 6.45) is 0. The molecule has 2 aromatic carbocycles. The minimum absolute atomic E-state index is 0.0969. The van der Waals surface area contributed by atoms with Gasteiger partial charge in [-0.3, -0.25) is 9.69 Å². The van der Waals surface area contributed by atoms with E-state index in [9.17, 15) is 4.79 Å². The summed E-state index contributed by atoms with van der Waals surface area (Å²) in [6.45, 7) is 6.24. The average Bonchev–Trinajstić information content (AvgIpc) is 2.93. The van der Waals surface area contributed by atoms with Crippen LogP contribution in [-0.4, -0.2) is 74.3 Å². The second-order valence-corrected chi connectivity index (χ2v) is 9.86. The van der Waals surface area contributed by atoms with Crippen molar-refractivity contribution in [1.29, 1.82) is 0 Å². The molecular weight excluding hydrogens is 486 g/mol. The van der Waals surface area contributed by atoms with Crippen LogP contribution >= 0.6 is 11.8 Å². The Hall–Kier alpha value is -2.98. The summed E-state index contributed by atoms with van der Waals surface area (Å²) >= 11 is 1.59. The first-order valence-electron chi connectivity index (χ1n) is 12.5. The summed E-state index contributed by atoms with van der Waals surface area (Å²) in [7, 11) is 3.30. The number of carbonyl (C=O) groups excluding carboxylic acids is 1. The number of anilines is 1. The lowest BCUT2D eigenvalue weighted by Gasteiger charge is -2.35. The number of nitrogens with zero attached hydrogens (tertiary/aromatic N) is 4. The van der Waals surface area contributed by atoms with E-state index in [1.807, 2.05) is 30.3 Å². The monoisotopic (exact) mass is 521 g/mol. The number of benzene rings is 2. The molecular formula is C28H35N5O3S. The first kappa shape index (κ1) is 27.1. The van der Waals surface area contributed by atoms with E-state index in [-0.39, 0.29) is 5.91 Å². The van der Waals surface area contributed by atoms with Crippen LogP contribution in [0, 0.1) is 0 Å². The first-order chi connectivity index (χ1) is 18.1. The Morgan fingerprint density at radius 2 is 1.70 bits per heavy atom. The van der Waals surface area contributed by atoms with E-state index in [0.717, 1.165) is 55.0 Å². The van der Waals surface area contributed by atoms with Gasteiger partial charge in [-0.1, -0.05) is 54.2 Å². The Labute approximate surface area is 223 Å². The molecule has 1 aliphatic rings. The van der Waals surface area contributed by atoms with Crippen molar-refractivity contribution in [2.45, 2.75) is 24.1 Å². The number of rotatable bonds is 12. The molecule has 9 heteroatoms. The minimum Gasteiger partial charge on any atom is -0.383 e. The highest BCUT2D eigenvalue weighted by Gasteiger charge is 2.20. The Balaban J connectivity index is 1.35. The molecule has 4 rings (SSSR count). The summed E-state index contributed by atoms with van der Waals surface area (Å²) in [4.78, 5) is 26.6. The number of ether oxygens (including phenoxy) is 2. The van der Waals surface area contributed by atoms with Crippen molar-refractivity contribution in [2.75, 3.05) is 58.5 Å². The van der Waals surface area contributed by atoms with Crippen LogP contribution in [0.1, 0.15) is 27.2 Å². The molecule has 1 aromatic heterocycles. The highest BCUT2D eigenvalue weighted by Crippen LogP contribution is 2.24. The van der Waals surface area contributed by atoms with E-state index in [0.29, 0.717) is 31.1 Å². The Morgan fingerprint density at radius 3 is 2.41 bits per heavy atom. The number of hydrogen-bond donors (Lipinski definition) is 1. The SMILES string of the molecule is COCCNC(=O)c1ccc(CSc2nc(COC)cc(N3CCN(Cc4ccccc4)CC3)n2)cc1. The summed E-state index contributed by atoms with van der Waals surface area (Å²) in [5.74, 6) is 1.57. The lowest BCUT2D eigenvalue weighted by atomic mass is 10.1. The lowest BCUT2D eigenvalue weighted by molar-refractivity contribution is 0.0937. The van der Waals surface area contributed by atoms with Gasteiger partial charge in [0.15, 0.2) is 5.16 Å². The second-order valence-electron chi connectivity index (χ2n) is 8.92. The molecule has 0 unspecified atom stereocenters. The Kier molecular flexibility index (Phi) is 10.3. The van der Waals surface area contributed by atoms with E-state index < -0.39 is 0 Å². The van der Waals surface area contributed by atoms with Crippen molar-refractivity contribution < 1.29 is 14.3 Å². The maximum atomic E-state index is 12.2. The highest BCUT2D eigenvalue weighted by atomic mass is 32.2. The fourth-order valence-corrected chi connectivity index (χ4v) is 4.98. The molecule has 1 aliphatic heterocycles. The first-order valence-corrected chi connectivity index (χ1v) is 13.5. The summed E-state index contributed by atoms with van der Waals surface area (Å²) in [5, 5.41) is 3.57. The average molecular weight is 522 g/mol. The second kappa shape index (κ2) is 14.1. The van der Waals surface area contributed by atoms with Crippen molar-refractivity contribution in [1.82, 2.24) is 20.2 Å². The van der Waals surface area contributed by atoms with Gasteiger partial charge in [0.25, 0.3) is 5.91 Å². The van der Waals surface area contributed by atoms with Crippen LogP contribution in [-0.2, 0) is 28.4 Å². The minimum atomic E-state index is -0.0969. The van der Waals surface area contributed by atoms with Crippen LogP contribution < -0.4 is 10.2 Å². The maximum Gasteiger partial charge on any atom is 0.251 e. The Bertz CT molecular complexity index is 1120. The van der Waals surface area contributed by atoms with Crippen molar-refractivity contribution in [3.05, 3.63) is 83.0 Å². The molecule has 0 spiro atoms. The number of piperazine rings is 1. The van der Waals surface area contributed by atoms with Gasteiger partial charge >= 0.3 is 0 Å². The molecule has 1 saturated heterocycles. The molecule has 37 heavy (non-hydrogen) atoms. The van der Waals surface area contributed by atoms with Crippen molar-refractivity contribution in [2.24, 2.45) is 0 Å². The van der Waals surface area contributed by atoms with Crippen molar-refractivity contribution >= 4 is 23.5 Å². The molecule has 8 nitrogen and oxygen atoms in total. The van der Waals surface area contributed by atoms with Crippen LogP contribution in [0.25, 0.3) is 0 Å². The molecule has 1 N–H and O–H groups in total. The van der Waals surface area contributed by atoms with Crippen LogP contribution in [0.4, 0.5) is 5.82 Å². The zero-order valence-corrected chi connectivity index (χ0v) is 22.4. The zero-order chi connectivity index (χ0) is 25.9. The molecule has 196 valence electrons. The molecule has 1 fully saturated rings. The van der Waals surface area contributed by atoms with Crippen molar-refractivity contribution in [3.63, 3.8) is 0 Å². The number of carbonyl (C=O) groups is 1. The maximum absolute atomic E-state index is 12.2. The number of amides is 1. The van der Waals surface area contributed by atoms with Gasteiger partial charge in [0.1, 0.15) is 5.82 Å². The highest BCUT2D eigenvalue weighted by molar-refractivity contribution is 7.98. The number of thioether (sulfide) groups is 1. The predicted octanol–water partition coefficient (Wildman–Crippen LogP) is 3.61. The molecule has 0 radical (unpaired) electrons. The van der Waals surface area contributed by atoms with Crippen LogP contribution in [0.5, 0.6) is 0 Å². The van der Waals surface area contributed by atoms with Crippen LogP contribution in [0.15, 0.2) is 65.8 Å².